The molecule has 1 aromatic heterocycles. The van der Waals surface area contributed by atoms with Crippen LogP contribution in [-0.2, 0) is 9.53 Å². The van der Waals surface area contributed by atoms with Gasteiger partial charge in [0.1, 0.15) is 5.82 Å². The van der Waals surface area contributed by atoms with Gasteiger partial charge in [-0.1, -0.05) is 0 Å². The van der Waals surface area contributed by atoms with Crippen molar-refractivity contribution >= 4 is 17.8 Å². The van der Waals surface area contributed by atoms with Gasteiger partial charge in [-0.3, -0.25) is 0 Å². The third-order valence-electron chi connectivity index (χ3n) is 2.40. The SMILES string of the molecule is COC(=O)c1nccc(NC(C)(C(=O)O)C(F)(F)F)n1. The van der Waals surface area contributed by atoms with E-state index in [1.54, 1.807) is 5.32 Å². The highest BCUT2D eigenvalue weighted by Crippen LogP contribution is 2.33. The van der Waals surface area contributed by atoms with Crippen LogP contribution in [-0.4, -0.2) is 45.8 Å². The third kappa shape index (κ3) is 2.95. The molecule has 0 spiro atoms. The molecule has 0 bridgehead atoms. The van der Waals surface area contributed by atoms with Gasteiger partial charge >= 0.3 is 18.1 Å². The first-order valence-electron chi connectivity index (χ1n) is 5.11. The minimum atomic E-state index is -5.07. The number of anilines is 1. The molecule has 0 amide bonds. The summed E-state index contributed by atoms with van der Waals surface area (Å²) in [5.74, 6) is -4.06. The maximum absolute atomic E-state index is 12.8. The van der Waals surface area contributed by atoms with Crippen molar-refractivity contribution in [3.05, 3.63) is 18.1 Å². The highest BCUT2D eigenvalue weighted by molar-refractivity contribution is 5.86. The second-order valence-corrected chi connectivity index (χ2v) is 3.81. The summed E-state index contributed by atoms with van der Waals surface area (Å²) in [5.41, 5.74) is -3.26. The van der Waals surface area contributed by atoms with Gasteiger partial charge < -0.3 is 15.2 Å². The lowest BCUT2D eigenvalue weighted by molar-refractivity contribution is -0.192. The second kappa shape index (κ2) is 5.31. The summed E-state index contributed by atoms with van der Waals surface area (Å²) in [7, 11) is 1.04. The van der Waals surface area contributed by atoms with E-state index in [4.69, 9.17) is 5.11 Å². The molecule has 0 saturated heterocycles. The minimum absolute atomic E-state index is 0.440. The van der Waals surface area contributed by atoms with E-state index < -0.39 is 35.3 Å². The number of carboxylic acids is 1. The van der Waals surface area contributed by atoms with Crippen molar-refractivity contribution in [3.63, 3.8) is 0 Å². The molecule has 0 fully saturated rings. The van der Waals surface area contributed by atoms with Crippen LogP contribution in [0.15, 0.2) is 12.3 Å². The Hall–Kier alpha value is -2.39. The Morgan fingerprint density at radius 1 is 1.40 bits per heavy atom. The summed E-state index contributed by atoms with van der Waals surface area (Å²) >= 11 is 0. The number of hydrogen-bond acceptors (Lipinski definition) is 6. The molecule has 110 valence electrons. The van der Waals surface area contributed by atoms with E-state index in [1.165, 1.54) is 0 Å². The number of ether oxygens (including phenoxy) is 1. The highest BCUT2D eigenvalue weighted by atomic mass is 19.4. The number of carbonyl (C=O) groups excluding carboxylic acids is 1. The zero-order valence-electron chi connectivity index (χ0n) is 10.4. The fraction of sp³-hybridized carbons (Fsp3) is 0.400. The largest absolute Gasteiger partial charge is 0.479 e. The van der Waals surface area contributed by atoms with Gasteiger partial charge in [-0.05, 0) is 13.0 Å². The number of aliphatic carboxylic acids is 1. The number of aromatic nitrogens is 2. The van der Waals surface area contributed by atoms with E-state index in [0.717, 1.165) is 19.4 Å². The molecule has 1 unspecified atom stereocenters. The molecule has 7 nitrogen and oxygen atoms in total. The third-order valence-corrected chi connectivity index (χ3v) is 2.40. The van der Waals surface area contributed by atoms with Crippen molar-refractivity contribution in [1.29, 1.82) is 0 Å². The average molecular weight is 293 g/mol. The smallest absolute Gasteiger partial charge is 0.422 e. The van der Waals surface area contributed by atoms with Crippen LogP contribution in [0.2, 0.25) is 0 Å². The monoisotopic (exact) mass is 293 g/mol. The Labute approximate surface area is 110 Å². The number of alkyl halides is 3. The summed E-state index contributed by atoms with van der Waals surface area (Å²) in [4.78, 5) is 28.9. The summed E-state index contributed by atoms with van der Waals surface area (Å²) < 4.78 is 42.7. The molecule has 0 aromatic carbocycles. The van der Waals surface area contributed by atoms with Crippen molar-refractivity contribution < 1.29 is 32.6 Å². The fourth-order valence-electron chi connectivity index (χ4n) is 1.12. The lowest BCUT2D eigenvalue weighted by Gasteiger charge is -2.28. The van der Waals surface area contributed by atoms with Crippen LogP contribution in [0.25, 0.3) is 0 Å². The van der Waals surface area contributed by atoms with Crippen molar-refractivity contribution in [1.82, 2.24) is 9.97 Å². The Bertz CT molecular complexity index is 535. The van der Waals surface area contributed by atoms with Crippen molar-refractivity contribution in [2.45, 2.75) is 18.6 Å². The molecular formula is C10H10F3N3O4. The second-order valence-electron chi connectivity index (χ2n) is 3.81. The number of rotatable bonds is 4. The van der Waals surface area contributed by atoms with Gasteiger partial charge in [0, 0.05) is 6.20 Å². The zero-order chi connectivity index (χ0) is 15.6. The van der Waals surface area contributed by atoms with Gasteiger partial charge in [0.05, 0.1) is 7.11 Å². The van der Waals surface area contributed by atoms with E-state index in [0.29, 0.717) is 6.92 Å². The zero-order valence-corrected chi connectivity index (χ0v) is 10.4. The van der Waals surface area contributed by atoms with Crippen LogP contribution in [0.1, 0.15) is 17.5 Å². The first kappa shape index (κ1) is 15.7. The topological polar surface area (TPSA) is 101 Å². The predicted octanol–water partition coefficient (Wildman–Crippen LogP) is 1.08. The van der Waals surface area contributed by atoms with Gasteiger partial charge in [0.15, 0.2) is 0 Å². The Kier molecular flexibility index (Phi) is 4.16. The van der Waals surface area contributed by atoms with Crippen LogP contribution in [0.4, 0.5) is 19.0 Å². The van der Waals surface area contributed by atoms with Gasteiger partial charge in [0.2, 0.25) is 11.4 Å². The Morgan fingerprint density at radius 3 is 2.45 bits per heavy atom. The average Bonchev–Trinajstić information content (AvgIpc) is 2.36. The summed E-state index contributed by atoms with van der Waals surface area (Å²) in [6.07, 6.45) is -4.07. The predicted molar refractivity (Wildman–Crippen MR) is 59.1 cm³/mol. The van der Waals surface area contributed by atoms with Crippen molar-refractivity contribution in [2.75, 3.05) is 12.4 Å². The first-order chi connectivity index (χ1) is 9.11. The van der Waals surface area contributed by atoms with E-state index in [-0.39, 0.29) is 0 Å². The number of nitrogens with one attached hydrogen (secondary N) is 1. The molecule has 0 aliphatic heterocycles. The summed E-state index contributed by atoms with van der Waals surface area (Å²) in [6.45, 7) is 0.440. The van der Waals surface area contributed by atoms with Crippen LogP contribution >= 0.6 is 0 Å². The molecule has 0 saturated carbocycles. The minimum Gasteiger partial charge on any atom is -0.479 e. The first-order valence-corrected chi connectivity index (χ1v) is 5.11. The maximum Gasteiger partial charge on any atom is 0.422 e. The highest BCUT2D eigenvalue weighted by Gasteiger charge is 2.57. The Balaban J connectivity index is 3.14. The molecule has 1 aromatic rings. The number of carbonyl (C=O) groups is 2. The van der Waals surface area contributed by atoms with Crippen LogP contribution in [0.5, 0.6) is 0 Å². The molecule has 0 aliphatic carbocycles. The number of methoxy groups -OCH3 is 1. The number of halogens is 3. The molecule has 1 rings (SSSR count). The number of nitrogens with zero attached hydrogens (tertiary/aromatic N) is 2. The van der Waals surface area contributed by atoms with E-state index >= 15 is 0 Å². The molecule has 0 aliphatic rings. The standard InChI is InChI=1S/C10H10F3N3O4/c1-9(8(18)19,10(11,12)13)16-5-3-4-14-6(15-5)7(17)20-2/h3-4H,1-2H3,(H,18,19)(H,14,15,16). The van der Waals surface area contributed by atoms with Gasteiger partial charge in [-0.15, -0.1) is 0 Å². The van der Waals surface area contributed by atoms with Crippen LogP contribution in [0.3, 0.4) is 0 Å². The van der Waals surface area contributed by atoms with Crippen LogP contribution < -0.4 is 5.32 Å². The lowest BCUT2D eigenvalue weighted by Crippen LogP contribution is -2.55. The molecule has 0 radical (unpaired) electrons. The van der Waals surface area contributed by atoms with Crippen molar-refractivity contribution in [2.24, 2.45) is 0 Å². The Morgan fingerprint density at radius 2 is 2.00 bits per heavy atom. The molecule has 1 atom stereocenters. The molecule has 1 heterocycles. The lowest BCUT2D eigenvalue weighted by atomic mass is 10.0. The molecule has 2 N–H and O–H groups in total. The number of esters is 1. The molecular weight excluding hydrogens is 283 g/mol. The maximum atomic E-state index is 12.8. The number of carboxylic acid groups (broad SMARTS) is 1. The number of hydrogen-bond donors (Lipinski definition) is 2. The van der Waals surface area contributed by atoms with Gasteiger partial charge in [-0.2, -0.15) is 13.2 Å². The van der Waals surface area contributed by atoms with E-state index in [2.05, 4.69) is 14.7 Å². The summed E-state index contributed by atoms with van der Waals surface area (Å²) in [5, 5.41) is 10.5. The molecule has 20 heavy (non-hydrogen) atoms. The van der Waals surface area contributed by atoms with Crippen molar-refractivity contribution in [3.8, 4) is 0 Å². The van der Waals surface area contributed by atoms with Crippen LogP contribution in [0, 0.1) is 0 Å². The van der Waals surface area contributed by atoms with E-state index in [1.807, 2.05) is 0 Å². The molecule has 10 heteroatoms. The van der Waals surface area contributed by atoms with E-state index in [9.17, 15) is 22.8 Å². The summed E-state index contributed by atoms with van der Waals surface area (Å²) in [6, 6.07) is 0.999. The normalized spacial score (nSPS) is 14.2. The van der Waals surface area contributed by atoms with Gasteiger partial charge in [0.25, 0.3) is 0 Å². The quantitative estimate of drug-likeness (QED) is 0.801. The fourth-order valence-corrected chi connectivity index (χ4v) is 1.12. The van der Waals surface area contributed by atoms with Gasteiger partial charge in [-0.25, -0.2) is 19.6 Å².